The van der Waals surface area contributed by atoms with Crippen LogP contribution in [0.4, 0.5) is 0 Å². The van der Waals surface area contributed by atoms with Gasteiger partial charge in [-0.25, -0.2) is 0 Å². The van der Waals surface area contributed by atoms with Crippen LogP contribution in [0.3, 0.4) is 0 Å². The SMILES string of the molecule is CSC1CCCC(N2C(=O)CNC2C2CCCC2)C1. The number of hydrogen-bond donors (Lipinski definition) is 1. The first-order valence-electron chi connectivity index (χ1n) is 7.87. The van der Waals surface area contributed by atoms with Crippen molar-refractivity contribution < 1.29 is 4.79 Å². The van der Waals surface area contributed by atoms with Crippen molar-refractivity contribution in [1.29, 1.82) is 0 Å². The summed E-state index contributed by atoms with van der Waals surface area (Å²) in [5.41, 5.74) is 0. The molecule has 0 spiro atoms. The quantitative estimate of drug-likeness (QED) is 0.863. The average Bonchev–Trinajstić information content (AvgIpc) is 3.07. The van der Waals surface area contributed by atoms with E-state index in [1.165, 1.54) is 51.4 Å². The normalized spacial score (nSPS) is 37.2. The molecule has 3 fully saturated rings. The Hall–Kier alpha value is -0.220. The summed E-state index contributed by atoms with van der Waals surface area (Å²) in [6.45, 7) is 0.571. The zero-order chi connectivity index (χ0) is 13.2. The lowest BCUT2D eigenvalue weighted by atomic mass is 9.92. The zero-order valence-corrected chi connectivity index (χ0v) is 12.8. The fraction of sp³-hybridized carbons (Fsp3) is 0.933. The first-order valence-corrected chi connectivity index (χ1v) is 9.15. The third-order valence-corrected chi connectivity index (χ3v) is 6.32. The van der Waals surface area contributed by atoms with Crippen molar-refractivity contribution in [2.24, 2.45) is 5.92 Å². The van der Waals surface area contributed by atoms with E-state index in [0.29, 0.717) is 30.6 Å². The molecule has 1 N–H and O–H groups in total. The van der Waals surface area contributed by atoms with Crippen molar-refractivity contribution in [3.05, 3.63) is 0 Å². The maximum atomic E-state index is 12.3. The van der Waals surface area contributed by atoms with Gasteiger partial charge in [0.2, 0.25) is 5.91 Å². The Balaban J connectivity index is 1.70. The van der Waals surface area contributed by atoms with E-state index in [4.69, 9.17) is 0 Å². The Morgan fingerprint density at radius 3 is 2.68 bits per heavy atom. The van der Waals surface area contributed by atoms with E-state index in [2.05, 4.69) is 16.5 Å². The molecule has 1 aliphatic heterocycles. The molecule has 0 radical (unpaired) electrons. The summed E-state index contributed by atoms with van der Waals surface area (Å²) in [5.74, 6) is 1.06. The highest BCUT2D eigenvalue weighted by atomic mass is 32.2. The molecule has 0 aromatic rings. The molecule has 1 heterocycles. The van der Waals surface area contributed by atoms with E-state index >= 15 is 0 Å². The summed E-state index contributed by atoms with van der Waals surface area (Å²) in [4.78, 5) is 14.5. The van der Waals surface area contributed by atoms with Gasteiger partial charge < -0.3 is 4.90 Å². The van der Waals surface area contributed by atoms with Gasteiger partial charge in [-0.15, -0.1) is 0 Å². The molecule has 3 aliphatic rings. The highest BCUT2D eigenvalue weighted by molar-refractivity contribution is 7.99. The number of carbonyl (C=O) groups excluding carboxylic acids is 1. The minimum Gasteiger partial charge on any atom is -0.323 e. The van der Waals surface area contributed by atoms with Crippen LogP contribution >= 0.6 is 11.8 Å². The second-order valence-corrected chi connectivity index (χ2v) is 7.49. The first kappa shape index (κ1) is 13.7. The number of nitrogens with zero attached hydrogens (tertiary/aromatic N) is 1. The molecule has 19 heavy (non-hydrogen) atoms. The third-order valence-electron chi connectivity index (χ3n) is 5.22. The van der Waals surface area contributed by atoms with Crippen LogP contribution in [-0.2, 0) is 4.79 Å². The van der Waals surface area contributed by atoms with E-state index in [1.807, 2.05) is 11.8 Å². The van der Waals surface area contributed by atoms with Crippen molar-refractivity contribution in [2.75, 3.05) is 12.8 Å². The van der Waals surface area contributed by atoms with Crippen molar-refractivity contribution in [3.8, 4) is 0 Å². The van der Waals surface area contributed by atoms with E-state index in [1.54, 1.807) is 0 Å². The molecular weight excluding hydrogens is 256 g/mol. The Kier molecular flexibility index (Phi) is 4.37. The lowest BCUT2D eigenvalue weighted by Gasteiger charge is -2.39. The zero-order valence-electron chi connectivity index (χ0n) is 11.9. The first-order chi connectivity index (χ1) is 9.29. The molecule has 0 aromatic carbocycles. The number of nitrogens with one attached hydrogen (secondary N) is 1. The van der Waals surface area contributed by atoms with Gasteiger partial charge in [0.1, 0.15) is 0 Å². The van der Waals surface area contributed by atoms with Gasteiger partial charge in [0.25, 0.3) is 0 Å². The topological polar surface area (TPSA) is 32.3 Å². The van der Waals surface area contributed by atoms with Crippen LogP contribution in [0.2, 0.25) is 0 Å². The molecule has 3 atom stereocenters. The number of thioether (sulfide) groups is 1. The average molecular weight is 282 g/mol. The Morgan fingerprint density at radius 2 is 1.95 bits per heavy atom. The van der Waals surface area contributed by atoms with Gasteiger partial charge in [-0.1, -0.05) is 19.3 Å². The Morgan fingerprint density at radius 1 is 1.16 bits per heavy atom. The Labute approximate surface area is 120 Å². The molecule has 3 unspecified atom stereocenters. The van der Waals surface area contributed by atoms with Gasteiger partial charge in [-0.05, 0) is 44.3 Å². The Bertz CT molecular complexity index is 330. The van der Waals surface area contributed by atoms with E-state index in [0.717, 1.165) is 5.25 Å². The number of amides is 1. The smallest absolute Gasteiger partial charge is 0.238 e. The molecule has 108 valence electrons. The van der Waals surface area contributed by atoms with Gasteiger partial charge >= 0.3 is 0 Å². The minimum atomic E-state index is 0.348. The number of rotatable bonds is 3. The van der Waals surface area contributed by atoms with Crippen LogP contribution in [0, 0.1) is 5.92 Å². The van der Waals surface area contributed by atoms with Gasteiger partial charge in [0.15, 0.2) is 0 Å². The molecule has 2 aliphatic carbocycles. The maximum Gasteiger partial charge on any atom is 0.238 e. The number of carbonyl (C=O) groups is 1. The summed E-state index contributed by atoms with van der Waals surface area (Å²) in [6.07, 6.45) is 12.9. The van der Waals surface area contributed by atoms with Crippen LogP contribution in [0.5, 0.6) is 0 Å². The van der Waals surface area contributed by atoms with E-state index < -0.39 is 0 Å². The molecule has 2 saturated carbocycles. The van der Waals surface area contributed by atoms with Crippen molar-refractivity contribution in [2.45, 2.75) is 68.8 Å². The molecule has 1 amide bonds. The van der Waals surface area contributed by atoms with Crippen LogP contribution in [0.1, 0.15) is 51.4 Å². The molecule has 1 saturated heterocycles. The summed E-state index contributed by atoms with van der Waals surface area (Å²) >= 11 is 1.98. The van der Waals surface area contributed by atoms with Crippen molar-refractivity contribution in [1.82, 2.24) is 10.2 Å². The van der Waals surface area contributed by atoms with Gasteiger partial charge in [-0.2, -0.15) is 11.8 Å². The van der Waals surface area contributed by atoms with Crippen molar-refractivity contribution in [3.63, 3.8) is 0 Å². The number of hydrogen-bond acceptors (Lipinski definition) is 3. The lowest BCUT2D eigenvalue weighted by Crippen LogP contribution is -2.49. The summed E-state index contributed by atoms with van der Waals surface area (Å²) in [5, 5.41) is 4.26. The molecule has 0 bridgehead atoms. The van der Waals surface area contributed by atoms with E-state index in [9.17, 15) is 4.79 Å². The molecule has 3 rings (SSSR count). The largest absolute Gasteiger partial charge is 0.323 e. The lowest BCUT2D eigenvalue weighted by molar-refractivity contribution is -0.131. The highest BCUT2D eigenvalue weighted by Crippen LogP contribution is 2.36. The van der Waals surface area contributed by atoms with Crippen molar-refractivity contribution >= 4 is 17.7 Å². The second kappa shape index (κ2) is 6.04. The predicted molar refractivity (Wildman–Crippen MR) is 80.2 cm³/mol. The monoisotopic (exact) mass is 282 g/mol. The summed E-state index contributed by atoms with van der Waals surface area (Å²) < 4.78 is 0. The molecular formula is C15H26N2OS. The highest BCUT2D eigenvalue weighted by Gasteiger charge is 2.41. The summed E-state index contributed by atoms with van der Waals surface area (Å²) in [6, 6.07) is 0.499. The standard InChI is InChI=1S/C15H26N2OS/c1-19-13-8-4-7-12(9-13)17-14(18)10-16-15(17)11-5-2-3-6-11/h11-13,15-16H,2-10H2,1H3. The van der Waals surface area contributed by atoms with Gasteiger partial charge in [0, 0.05) is 11.3 Å². The predicted octanol–water partition coefficient (Wildman–Crippen LogP) is 2.61. The van der Waals surface area contributed by atoms with Crippen LogP contribution in [-0.4, -0.2) is 41.1 Å². The van der Waals surface area contributed by atoms with E-state index in [-0.39, 0.29) is 0 Å². The molecule has 0 aromatic heterocycles. The van der Waals surface area contributed by atoms with Crippen LogP contribution in [0.25, 0.3) is 0 Å². The van der Waals surface area contributed by atoms with Gasteiger partial charge in [0.05, 0.1) is 12.7 Å². The molecule has 4 heteroatoms. The maximum absolute atomic E-state index is 12.3. The molecule has 3 nitrogen and oxygen atoms in total. The fourth-order valence-electron chi connectivity index (χ4n) is 4.22. The van der Waals surface area contributed by atoms with Crippen LogP contribution in [0.15, 0.2) is 0 Å². The second-order valence-electron chi connectivity index (χ2n) is 6.35. The fourth-order valence-corrected chi connectivity index (χ4v) is 5.04. The van der Waals surface area contributed by atoms with Crippen LogP contribution < -0.4 is 5.32 Å². The van der Waals surface area contributed by atoms with Gasteiger partial charge in [-0.3, -0.25) is 10.1 Å². The summed E-state index contributed by atoms with van der Waals surface area (Å²) in [7, 11) is 0. The minimum absolute atomic E-state index is 0.348. The third kappa shape index (κ3) is 2.80.